The first-order chi connectivity index (χ1) is 17.0. The number of amides is 2. The number of rotatable bonds is 7. The maximum Gasteiger partial charge on any atom is 0.338 e. The van der Waals surface area contributed by atoms with Gasteiger partial charge in [-0.1, -0.05) is 57.2 Å². The average molecular weight is 487 g/mol. The standard InChI is InChI=1S/C28H30N4O4/c1-18-19(2)32(16-20-10-7-6-8-11-20)25(23(18)15-29)31-24(33)17-36-26(34)21-12-9-13-22(14-21)30-27(35)28(3,4)5/h6-14H,16-17H2,1-5H3,(H,30,35)(H,31,33). The van der Waals surface area contributed by atoms with Crippen LogP contribution in [0.1, 0.15) is 53.5 Å². The van der Waals surface area contributed by atoms with E-state index in [0.29, 0.717) is 23.6 Å². The molecule has 0 aliphatic rings. The third-order valence-corrected chi connectivity index (χ3v) is 5.75. The van der Waals surface area contributed by atoms with Gasteiger partial charge >= 0.3 is 5.97 Å². The summed E-state index contributed by atoms with van der Waals surface area (Å²) in [6.45, 7) is 9.02. The summed E-state index contributed by atoms with van der Waals surface area (Å²) in [6.07, 6.45) is 0. The molecule has 0 aliphatic carbocycles. The number of benzene rings is 2. The Hall–Kier alpha value is -4.38. The number of nitriles is 1. The van der Waals surface area contributed by atoms with Gasteiger partial charge in [0.15, 0.2) is 6.61 Å². The summed E-state index contributed by atoms with van der Waals surface area (Å²) in [5.74, 6) is -1.09. The highest BCUT2D eigenvalue weighted by atomic mass is 16.5. The first kappa shape index (κ1) is 26.2. The molecule has 2 aromatic carbocycles. The molecule has 1 heterocycles. The van der Waals surface area contributed by atoms with Crippen molar-refractivity contribution in [3.05, 3.63) is 82.5 Å². The second kappa shape index (κ2) is 10.9. The molecule has 3 aromatic rings. The van der Waals surface area contributed by atoms with Crippen LogP contribution in [0.3, 0.4) is 0 Å². The van der Waals surface area contributed by atoms with E-state index in [1.54, 1.807) is 39.0 Å². The molecule has 3 rings (SSSR count). The van der Waals surface area contributed by atoms with Crippen LogP contribution >= 0.6 is 0 Å². The minimum absolute atomic E-state index is 0.190. The SMILES string of the molecule is Cc1c(C#N)c(NC(=O)COC(=O)c2cccc(NC(=O)C(C)(C)C)c2)n(Cc2ccccc2)c1C. The zero-order valence-corrected chi connectivity index (χ0v) is 21.1. The smallest absolute Gasteiger partial charge is 0.338 e. The predicted molar refractivity (Wildman–Crippen MR) is 138 cm³/mol. The van der Waals surface area contributed by atoms with Gasteiger partial charge in [0.05, 0.1) is 11.1 Å². The van der Waals surface area contributed by atoms with Crippen LogP contribution in [0.2, 0.25) is 0 Å². The summed E-state index contributed by atoms with van der Waals surface area (Å²) < 4.78 is 7.07. The van der Waals surface area contributed by atoms with Crippen molar-refractivity contribution in [1.82, 2.24) is 4.57 Å². The highest BCUT2D eigenvalue weighted by molar-refractivity contribution is 5.98. The molecule has 1 aromatic heterocycles. The van der Waals surface area contributed by atoms with Gasteiger partial charge in [-0.2, -0.15) is 5.26 Å². The van der Waals surface area contributed by atoms with Gasteiger partial charge in [-0.3, -0.25) is 9.59 Å². The molecular formula is C28H30N4O4. The highest BCUT2D eigenvalue weighted by Crippen LogP contribution is 2.27. The van der Waals surface area contributed by atoms with Crippen molar-refractivity contribution in [2.24, 2.45) is 5.41 Å². The normalized spacial score (nSPS) is 10.9. The highest BCUT2D eigenvalue weighted by Gasteiger charge is 2.22. The maximum atomic E-state index is 12.7. The number of hydrogen-bond donors (Lipinski definition) is 2. The molecular weight excluding hydrogens is 456 g/mol. The van der Waals surface area contributed by atoms with E-state index >= 15 is 0 Å². The van der Waals surface area contributed by atoms with Gasteiger partial charge in [-0.05, 0) is 43.2 Å². The van der Waals surface area contributed by atoms with Crippen molar-refractivity contribution in [2.45, 2.75) is 41.2 Å². The van der Waals surface area contributed by atoms with Gasteiger partial charge in [-0.25, -0.2) is 4.79 Å². The topological polar surface area (TPSA) is 113 Å². The fraction of sp³-hybridized carbons (Fsp3) is 0.286. The number of nitrogens with one attached hydrogen (secondary N) is 2. The third kappa shape index (κ3) is 6.19. The summed E-state index contributed by atoms with van der Waals surface area (Å²) >= 11 is 0. The van der Waals surface area contributed by atoms with Crippen molar-refractivity contribution in [3.8, 4) is 6.07 Å². The first-order valence-electron chi connectivity index (χ1n) is 11.5. The molecule has 8 heteroatoms. The van der Waals surface area contributed by atoms with Crippen molar-refractivity contribution >= 4 is 29.3 Å². The van der Waals surface area contributed by atoms with Crippen LogP contribution in [0.25, 0.3) is 0 Å². The largest absolute Gasteiger partial charge is 0.452 e. The Bertz CT molecular complexity index is 1330. The van der Waals surface area contributed by atoms with Gasteiger partial charge in [0, 0.05) is 23.3 Å². The first-order valence-corrected chi connectivity index (χ1v) is 11.5. The van der Waals surface area contributed by atoms with E-state index in [9.17, 15) is 19.6 Å². The minimum atomic E-state index is -0.704. The Morgan fingerprint density at radius 3 is 2.33 bits per heavy atom. The fourth-order valence-corrected chi connectivity index (χ4v) is 3.52. The molecule has 0 fully saturated rings. The number of carbonyl (C=O) groups excluding carboxylic acids is 3. The summed E-state index contributed by atoms with van der Waals surface area (Å²) in [7, 11) is 0. The number of carbonyl (C=O) groups is 3. The van der Waals surface area contributed by atoms with E-state index in [4.69, 9.17) is 4.74 Å². The van der Waals surface area contributed by atoms with E-state index in [-0.39, 0.29) is 11.5 Å². The Morgan fingerprint density at radius 1 is 1.00 bits per heavy atom. The van der Waals surface area contributed by atoms with Crippen LogP contribution in [-0.4, -0.2) is 29.0 Å². The monoisotopic (exact) mass is 486 g/mol. The van der Waals surface area contributed by atoms with Gasteiger partial charge in [-0.15, -0.1) is 0 Å². The van der Waals surface area contributed by atoms with Crippen LogP contribution in [0.5, 0.6) is 0 Å². The molecule has 0 spiro atoms. The molecule has 0 saturated carbocycles. The average Bonchev–Trinajstić information content (AvgIpc) is 3.06. The zero-order chi connectivity index (χ0) is 26.5. The van der Waals surface area contributed by atoms with Crippen LogP contribution in [-0.2, 0) is 20.9 Å². The molecule has 0 atom stereocenters. The third-order valence-electron chi connectivity index (χ3n) is 5.75. The predicted octanol–water partition coefficient (Wildman–Crippen LogP) is 4.81. The minimum Gasteiger partial charge on any atom is -0.452 e. The lowest BCUT2D eigenvalue weighted by Crippen LogP contribution is -2.27. The number of esters is 1. The molecule has 0 bridgehead atoms. The molecule has 2 amide bonds. The van der Waals surface area contributed by atoms with Gasteiger partial charge in [0.2, 0.25) is 5.91 Å². The van der Waals surface area contributed by atoms with E-state index in [1.165, 1.54) is 6.07 Å². The number of ether oxygens (including phenoxy) is 1. The van der Waals surface area contributed by atoms with Crippen LogP contribution in [0, 0.1) is 30.6 Å². The molecule has 0 saturated heterocycles. The molecule has 2 N–H and O–H groups in total. The van der Waals surface area contributed by atoms with Crippen molar-refractivity contribution in [3.63, 3.8) is 0 Å². The van der Waals surface area contributed by atoms with Gasteiger partial charge < -0.3 is 19.9 Å². The van der Waals surface area contributed by atoms with Crippen LogP contribution < -0.4 is 10.6 Å². The lowest BCUT2D eigenvalue weighted by atomic mass is 9.95. The second-order valence-electron chi connectivity index (χ2n) is 9.53. The van der Waals surface area contributed by atoms with E-state index in [2.05, 4.69) is 16.7 Å². The van der Waals surface area contributed by atoms with Crippen molar-refractivity contribution < 1.29 is 19.1 Å². The number of anilines is 2. The quantitative estimate of drug-likeness (QED) is 0.466. The van der Waals surface area contributed by atoms with E-state index < -0.39 is 23.9 Å². The fourth-order valence-electron chi connectivity index (χ4n) is 3.52. The van der Waals surface area contributed by atoms with Crippen LogP contribution in [0.15, 0.2) is 54.6 Å². The Morgan fingerprint density at radius 2 is 1.69 bits per heavy atom. The summed E-state index contributed by atoms with van der Waals surface area (Å²) in [5.41, 5.74) is 3.08. The molecule has 0 aliphatic heterocycles. The Kier molecular flexibility index (Phi) is 7.95. The van der Waals surface area contributed by atoms with Crippen molar-refractivity contribution in [1.29, 1.82) is 5.26 Å². The van der Waals surface area contributed by atoms with E-state index in [0.717, 1.165) is 16.8 Å². The Labute approximate surface area is 210 Å². The van der Waals surface area contributed by atoms with E-state index in [1.807, 2.05) is 48.7 Å². The second-order valence-corrected chi connectivity index (χ2v) is 9.53. The maximum absolute atomic E-state index is 12.7. The van der Waals surface area contributed by atoms with Gasteiger partial charge in [0.25, 0.3) is 5.91 Å². The number of hydrogen-bond acceptors (Lipinski definition) is 5. The van der Waals surface area contributed by atoms with Gasteiger partial charge in [0.1, 0.15) is 11.9 Å². The molecule has 0 radical (unpaired) electrons. The molecule has 0 unspecified atom stereocenters. The van der Waals surface area contributed by atoms with Crippen molar-refractivity contribution in [2.75, 3.05) is 17.2 Å². The number of nitrogens with zero attached hydrogens (tertiary/aromatic N) is 2. The molecule has 8 nitrogen and oxygen atoms in total. The molecule has 186 valence electrons. The molecule has 36 heavy (non-hydrogen) atoms. The summed E-state index contributed by atoms with van der Waals surface area (Å²) in [5, 5.41) is 15.2. The summed E-state index contributed by atoms with van der Waals surface area (Å²) in [4.78, 5) is 37.5. The lowest BCUT2D eigenvalue weighted by molar-refractivity contribution is -0.123. The van der Waals surface area contributed by atoms with Crippen LogP contribution in [0.4, 0.5) is 11.5 Å². The summed E-state index contributed by atoms with van der Waals surface area (Å²) in [6, 6.07) is 18.2. The number of aromatic nitrogens is 1. The Balaban J connectivity index is 1.70. The lowest BCUT2D eigenvalue weighted by Gasteiger charge is -2.17. The zero-order valence-electron chi connectivity index (χ0n) is 21.1.